The van der Waals surface area contributed by atoms with Crippen molar-refractivity contribution in [1.82, 2.24) is 14.9 Å². The molecule has 0 saturated heterocycles. The SMILES string of the molecule is NCCNCc1nn2c3cccc(O)c3c(=O)c3c(NCCN)ccc1c32. The third-order valence-corrected chi connectivity index (χ3v) is 4.70. The number of benzene rings is 2. The van der Waals surface area contributed by atoms with Crippen LogP contribution < -0.4 is 27.5 Å². The Kier molecular flexibility index (Phi) is 4.53. The Morgan fingerprint density at radius 1 is 1.07 bits per heavy atom. The Hall–Kier alpha value is -2.94. The van der Waals surface area contributed by atoms with Gasteiger partial charge in [0.25, 0.3) is 0 Å². The van der Waals surface area contributed by atoms with E-state index in [1.54, 1.807) is 16.6 Å². The van der Waals surface area contributed by atoms with Crippen LogP contribution in [0.25, 0.3) is 27.2 Å². The lowest BCUT2D eigenvalue weighted by atomic mass is 10.0. The predicted octanol–water partition coefficient (Wildman–Crippen LogP) is 0.563. The lowest BCUT2D eigenvalue weighted by molar-refractivity contribution is 0.481. The molecule has 0 amide bonds. The molecule has 140 valence electrons. The fourth-order valence-electron chi connectivity index (χ4n) is 3.53. The van der Waals surface area contributed by atoms with Gasteiger partial charge in [-0.25, -0.2) is 4.52 Å². The van der Waals surface area contributed by atoms with Gasteiger partial charge >= 0.3 is 0 Å². The van der Waals surface area contributed by atoms with Crippen molar-refractivity contribution in [3.8, 4) is 5.75 Å². The number of aromatic hydroxyl groups is 1. The van der Waals surface area contributed by atoms with E-state index in [0.29, 0.717) is 49.3 Å². The van der Waals surface area contributed by atoms with Crippen molar-refractivity contribution < 1.29 is 5.11 Å². The molecule has 4 aromatic rings. The van der Waals surface area contributed by atoms with E-state index in [1.807, 2.05) is 12.1 Å². The van der Waals surface area contributed by atoms with Gasteiger partial charge in [0.2, 0.25) is 5.43 Å². The van der Waals surface area contributed by atoms with Crippen LogP contribution in [-0.2, 0) is 6.54 Å². The first-order valence-electron chi connectivity index (χ1n) is 8.93. The van der Waals surface area contributed by atoms with Crippen LogP contribution >= 0.6 is 0 Å². The van der Waals surface area contributed by atoms with Crippen molar-refractivity contribution in [2.24, 2.45) is 11.5 Å². The fourth-order valence-corrected chi connectivity index (χ4v) is 3.53. The van der Waals surface area contributed by atoms with Crippen LogP contribution in [0, 0.1) is 0 Å². The Bertz CT molecular complexity index is 1170. The van der Waals surface area contributed by atoms with Crippen LogP contribution in [0.2, 0.25) is 0 Å². The Balaban J connectivity index is 2.08. The number of anilines is 1. The van der Waals surface area contributed by atoms with Crippen LogP contribution in [0.15, 0.2) is 35.1 Å². The predicted molar refractivity (Wildman–Crippen MR) is 108 cm³/mol. The molecule has 2 aromatic carbocycles. The van der Waals surface area contributed by atoms with Crippen LogP contribution in [0.1, 0.15) is 5.69 Å². The minimum absolute atomic E-state index is 0.0526. The maximum Gasteiger partial charge on any atom is 0.203 e. The van der Waals surface area contributed by atoms with E-state index in [0.717, 1.165) is 16.6 Å². The summed E-state index contributed by atoms with van der Waals surface area (Å²) in [6, 6.07) is 8.85. The molecule has 0 bridgehead atoms. The summed E-state index contributed by atoms with van der Waals surface area (Å²) < 4.78 is 1.74. The molecule has 0 radical (unpaired) electrons. The maximum atomic E-state index is 13.3. The number of pyridine rings is 1. The summed E-state index contributed by atoms with van der Waals surface area (Å²) in [5.74, 6) is -0.0526. The van der Waals surface area contributed by atoms with Crippen molar-refractivity contribution >= 4 is 32.9 Å². The number of aromatic nitrogens is 2. The van der Waals surface area contributed by atoms with Gasteiger partial charge in [0.15, 0.2) is 0 Å². The number of phenols is 1. The molecule has 0 atom stereocenters. The molecule has 0 saturated carbocycles. The highest BCUT2D eigenvalue weighted by Gasteiger charge is 2.21. The number of nitrogens with one attached hydrogen (secondary N) is 2. The average molecular weight is 366 g/mol. The number of hydrogen-bond donors (Lipinski definition) is 5. The second-order valence-corrected chi connectivity index (χ2v) is 6.42. The van der Waals surface area contributed by atoms with Gasteiger partial charge in [-0.3, -0.25) is 4.79 Å². The maximum absolute atomic E-state index is 13.3. The summed E-state index contributed by atoms with van der Waals surface area (Å²) in [7, 11) is 0. The normalized spacial score (nSPS) is 11.8. The van der Waals surface area contributed by atoms with Crippen molar-refractivity contribution in [1.29, 1.82) is 0 Å². The van der Waals surface area contributed by atoms with Crippen molar-refractivity contribution in [3.05, 3.63) is 46.2 Å². The van der Waals surface area contributed by atoms with E-state index in [4.69, 9.17) is 16.6 Å². The zero-order valence-electron chi connectivity index (χ0n) is 14.8. The lowest BCUT2D eigenvalue weighted by Crippen LogP contribution is -2.22. The van der Waals surface area contributed by atoms with Crippen LogP contribution in [-0.4, -0.2) is 40.9 Å². The van der Waals surface area contributed by atoms with E-state index in [2.05, 4.69) is 10.6 Å². The highest BCUT2D eigenvalue weighted by Crippen LogP contribution is 2.32. The quantitative estimate of drug-likeness (QED) is 0.239. The Labute approximate surface area is 155 Å². The minimum Gasteiger partial charge on any atom is -0.507 e. The summed E-state index contributed by atoms with van der Waals surface area (Å²) in [5, 5.41) is 23.2. The second-order valence-electron chi connectivity index (χ2n) is 6.42. The summed E-state index contributed by atoms with van der Waals surface area (Å²) in [6.45, 7) is 2.73. The van der Waals surface area contributed by atoms with Gasteiger partial charge < -0.3 is 27.2 Å². The first kappa shape index (κ1) is 17.5. The molecule has 0 spiro atoms. The van der Waals surface area contributed by atoms with Gasteiger partial charge in [0, 0.05) is 43.8 Å². The molecule has 27 heavy (non-hydrogen) atoms. The molecule has 8 heteroatoms. The fraction of sp³-hybridized carbons (Fsp3) is 0.263. The van der Waals surface area contributed by atoms with Gasteiger partial charge in [-0.15, -0.1) is 0 Å². The van der Waals surface area contributed by atoms with Crippen LogP contribution in [0.3, 0.4) is 0 Å². The molecular formula is C19H22N6O2. The Morgan fingerprint density at radius 3 is 2.67 bits per heavy atom. The van der Waals surface area contributed by atoms with E-state index in [9.17, 15) is 9.90 Å². The van der Waals surface area contributed by atoms with Gasteiger partial charge in [-0.1, -0.05) is 6.07 Å². The topological polar surface area (TPSA) is 131 Å². The minimum atomic E-state index is -0.220. The first-order valence-corrected chi connectivity index (χ1v) is 8.93. The molecule has 7 N–H and O–H groups in total. The second kappa shape index (κ2) is 6.99. The van der Waals surface area contributed by atoms with Crippen molar-refractivity contribution in [2.75, 3.05) is 31.5 Å². The van der Waals surface area contributed by atoms with Crippen LogP contribution in [0.5, 0.6) is 5.75 Å². The zero-order valence-corrected chi connectivity index (χ0v) is 14.8. The van der Waals surface area contributed by atoms with Gasteiger partial charge in [0.05, 0.1) is 27.5 Å². The molecule has 8 nitrogen and oxygen atoms in total. The molecule has 2 heterocycles. The van der Waals surface area contributed by atoms with Gasteiger partial charge in [0.1, 0.15) is 5.75 Å². The number of fused-ring (bicyclic) bond motifs is 2. The molecule has 4 rings (SSSR count). The molecule has 0 unspecified atom stereocenters. The zero-order chi connectivity index (χ0) is 19.0. The number of hydrogen-bond acceptors (Lipinski definition) is 7. The summed E-state index contributed by atoms with van der Waals surface area (Å²) in [4.78, 5) is 13.3. The summed E-state index contributed by atoms with van der Waals surface area (Å²) >= 11 is 0. The van der Waals surface area contributed by atoms with Gasteiger partial charge in [-0.05, 0) is 24.3 Å². The largest absolute Gasteiger partial charge is 0.507 e. The highest BCUT2D eigenvalue weighted by atomic mass is 16.3. The van der Waals surface area contributed by atoms with E-state index < -0.39 is 0 Å². The molecule has 2 aromatic heterocycles. The third kappa shape index (κ3) is 2.74. The average Bonchev–Trinajstić information content (AvgIpc) is 3.04. The first-order chi connectivity index (χ1) is 13.2. The van der Waals surface area contributed by atoms with E-state index in [1.165, 1.54) is 6.07 Å². The number of phenolic OH excluding ortho intramolecular Hbond substituents is 1. The molecule has 0 aliphatic heterocycles. The standard InChI is InChI=1S/C19H22N6O2/c20-6-8-22-10-13-11-4-5-12(23-9-7-21)16-18(11)25(24-13)14-2-1-3-15(26)17(14)19(16)27/h1-5,22-23,26H,6-10,20-21H2. The van der Waals surface area contributed by atoms with Crippen molar-refractivity contribution in [3.63, 3.8) is 0 Å². The molecule has 0 aliphatic carbocycles. The molecule has 0 fully saturated rings. The number of rotatable bonds is 7. The third-order valence-electron chi connectivity index (χ3n) is 4.70. The highest BCUT2D eigenvalue weighted by molar-refractivity contribution is 6.09. The monoisotopic (exact) mass is 366 g/mol. The summed E-state index contributed by atoms with van der Waals surface area (Å²) in [6.07, 6.45) is 0. The number of nitrogens with zero attached hydrogens (tertiary/aromatic N) is 2. The van der Waals surface area contributed by atoms with Crippen molar-refractivity contribution in [2.45, 2.75) is 6.54 Å². The lowest BCUT2D eigenvalue weighted by Gasteiger charge is -2.11. The molecule has 0 aliphatic rings. The van der Waals surface area contributed by atoms with Crippen LogP contribution in [0.4, 0.5) is 5.69 Å². The molecular weight excluding hydrogens is 344 g/mol. The van der Waals surface area contributed by atoms with Gasteiger partial charge in [-0.2, -0.15) is 5.10 Å². The van der Waals surface area contributed by atoms with E-state index >= 15 is 0 Å². The Morgan fingerprint density at radius 2 is 1.89 bits per heavy atom. The van der Waals surface area contributed by atoms with E-state index in [-0.39, 0.29) is 16.6 Å². The smallest absolute Gasteiger partial charge is 0.203 e. The summed E-state index contributed by atoms with van der Waals surface area (Å²) in [5.41, 5.74) is 13.8. The number of nitrogens with two attached hydrogens (primary N) is 2.